The minimum absolute atomic E-state index is 0.128. The first-order valence-electron chi connectivity index (χ1n) is 8.59. The standard InChI is InChI=1S/C21H14FN5OS/c1-29-21-17(11-23)19(27(26-21)15-5-3-2-4-6-15)25-20(28)16-10-14(22)9-13-7-8-24-12-18(13)16/h2-10,12H,1H3,(H,25,28). The Hall–Kier alpha value is -3.70. The van der Waals surface area contributed by atoms with Gasteiger partial charge in [0.1, 0.15) is 22.5 Å². The van der Waals surface area contributed by atoms with Crippen molar-refractivity contribution in [3.8, 4) is 11.8 Å². The van der Waals surface area contributed by atoms with E-state index in [1.165, 1.54) is 34.9 Å². The van der Waals surface area contributed by atoms with Gasteiger partial charge in [0.2, 0.25) is 0 Å². The highest BCUT2D eigenvalue weighted by molar-refractivity contribution is 7.98. The number of para-hydroxylation sites is 1. The average molecular weight is 403 g/mol. The van der Waals surface area contributed by atoms with Crippen LogP contribution in [-0.4, -0.2) is 26.9 Å². The van der Waals surface area contributed by atoms with Crippen molar-refractivity contribution in [2.75, 3.05) is 11.6 Å². The maximum atomic E-state index is 14.1. The van der Waals surface area contributed by atoms with Crippen molar-refractivity contribution in [3.05, 3.63) is 77.9 Å². The maximum Gasteiger partial charge on any atom is 0.257 e. The number of anilines is 1. The summed E-state index contributed by atoms with van der Waals surface area (Å²) in [7, 11) is 0. The smallest absolute Gasteiger partial charge is 0.257 e. The second kappa shape index (κ2) is 7.73. The van der Waals surface area contributed by atoms with E-state index in [0.29, 0.717) is 21.5 Å². The number of nitriles is 1. The highest BCUT2D eigenvalue weighted by Crippen LogP contribution is 2.30. The molecule has 0 unspecified atom stereocenters. The van der Waals surface area contributed by atoms with Crippen LogP contribution in [0.4, 0.5) is 10.2 Å². The third-order valence-corrected chi connectivity index (χ3v) is 5.03. The van der Waals surface area contributed by atoms with E-state index in [0.717, 1.165) is 6.07 Å². The molecule has 0 radical (unpaired) electrons. The summed E-state index contributed by atoms with van der Waals surface area (Å²) < 4.78 is 15.6. The lowest BCUT2D eigenvalue weighted by molar-refractivity contribution is 0.102. The van der Waals surface area contributed by atoms with Crippen LogP contribution in [0.3, 0.4) is 0 Å². The fraction of sp³-hybridized carbons (Fsp3) is 0.0476. The van der Waals surface area contributed by atoms with Crippen LogP contribution in [0, 0.1) is 17.1 Å². The fourth-order valence-corrected chi connectivity index (χ4v) is 3.55. The predicted octanol–water partition coefficient (Wildman–Crippen LogP) is 4.41. The van der Waals surface area contributed by atoms with E-state index in [2.05, 4.69) is 21.5 Å². The topological polar surface area (TPSA) is 83.6 Å². The van der Waals surface area contributed by atoms with Crippen molar-refractivity contribution in [3.63, 3.8) is 0 Å². The quantitative estimate of drug-likeness (QED) is 0.511. The minimum atomic E-state index is -0.552. The molecule has 0 aliphatic carbocycles. The van der Waals surface area contributed by atoms with Gasteiger partial charge in [0, 0.05) is 17.8 Å². The van der Waals surface area contributed by atoms with Crippen molar-refractivity contribution in [1.29, 1.82) is 5.26 Å². The molecule has 0 saturated heterocycles. The molecule has 1 N–H and O–H groups in total. The van der Waals surface area contributed by atoms with Crippen LogP contribution in [0.25, 0.3) is 16.5 Å². The number of carbonyl (C=O) groups excluding carboxylic acids is 1. The number of fused-ring (bicyclic) bond motifs is 1. The Morgan fingerprint density at radius 3 is 2.76 bits per heavy atom. The molecule has 1 amide bonds. The molecule has 6 nitrogen and oxygen atoms in total. The second-order valence-electron chi connectivity index (χ2n) is 6.10. The monoisotopic (exact) mass is 403 g/mol. The molecular weight excluding hydrogens is 389 g/mol. The summed E-state index contributed by atoms with van der Waals surface area (Å²) in [4.78, 5) is 17.1. The van der Waals surface area contributed by atoms with E-state index < -0.39 is 11.7 Å². The fourth-order valence-electron chi connectivity index (χ4n) is 3.04. The van der Waals surface area contributed by atoms with Crippen LogP contribution in [0.2, 0.25) is 0 Å². The summed E-state index contributed by atoms with van der Waals surface area (Å²) in [5, 5.41) is 18.4. The van der Waals surface area contributed by atoms with E-state index in [-0.39, 0.29) is 16.9 Å². The highest BCUT2D eigenvalue weighted by atomic mass is 32.2. The first-order chi connectivity index (χ1) is 14.1. The zero-order valence-corrected chi connectivity index (χ0v) is 16.1. The van der Waals surface area contributed by atoms with Crippen LogP contribution < -0.4 is 5.32 Å². The normalized spacial score (nSPS) is 10.7. The number of nitrogens with one attached hydrogen (secondary N) is 1. The Balaban J connectivity index is 1.84. The number of rotatable bonds is 4. The number of amides is 1. The summed E-state index contributed by atoms with van der Waals surface area (Å²) in [6.07, 6.45) is 4.85. The van der Waals surface area contributed by atoms with E-state index in [9.17, 15) is 14.4 Å². The molecular formula is C21H14FN5OS. The Bertz CT molecular complexity index is 1260. The second-order valence-corrected chi connectivity index (χ2v) is 6.89. The van der Waals surface area contributed by atoms with Crippen molar-refractivity contribution < 1.29 is 9.18 Å². The molecule has 8 heteroatoms. The molecule has 0 bridgehead atoms. The van der Waals surface area contributed by atoms with Gasteiger partial charge < -0.3 is 5.32 Å². The molecule has 142 valence electrons. The summed E-state index contributed by atoms with van der Waals surface area (Å²) in [6.45, 7) is 0. The summed E-state index contributed by atoms with van der Waals surface area (Å²) in [6, 6.07) is 15.4. The van der Waals surface area contributed by atoms with Gasteiger partial charge in [-0.1, -0.05) is 18.2 Å². The zero-order valence-electron chi connectivity index (χ0n) is 15.3. The average Bonchev–Trinajstić information content (AvgIpc) is 3.10. The van der Waals surface area contributed by atoms with Gasteiger partial charge in [0.15, 0.2) is 5.82 Å². The van der Waals surface area contributed by atoms with Crippen LogP contribution in [0.5, 0.6) is 0 Å². The molecule has 4 rings (SSSR count). The van der Waals surface area contributed by atoms with Gasteiger partial charge in [0.25, 0.3) is 5.91 Å². The molecule has 2 heterocycles. The number of hydrogen-bond acceptors (Lipinski definition) is 5. The molecule has 0 spiro atoms. The number of benzene rings is 2. The number of carbonyl (C=O) groups is 1. The maximum absolute atomic E-state index is 14.1. The first-order valence-corrected chi connectivity index (χ1v) is 9.82. The van der Waals surface area contributed by atoms with Crippen LogP contribution in [-0.2, 0) is 0 Å². The number of nitrogens with zero attached hydrogens (tertiary/aromatic N) is 4. The van der Waals surface area contributed by atoms with Crippen LogP contribution in [0.1, 0.15) is 15.9 Å². The van der Waals surface area contributed by atoms with Crippen LogP contribution >= 0.6 is 11.8 Å². The Morgan fingerprint density at radius 2 is 2.03 bits per heavy atom. The molecule has 0 aliphatic rings. The molecule has 2 aromatic heterocycles. The molecule has 0 aliphatic heterocycles. The third kappa shape index (κ3) is 3.44. The van der Waals surface area contributed by atoms with Crippen molar-refractivity contribution in [1.82, 2.24) is 14.8 Å². The first kappa shape index (κ1) is 18.7. The molecule has 29 heavy (non-hydrogen) atoms. The summed E-state index contributed by atoms with van der Waals surface area (Å²) in [5.41, 5.74) is 1.06. The molecule has 2 aromatic carbocycles. The van der Waals surface area contributed by atoms with E-state index >= 15 is 0 Å². The zero-order chi connectivity index (χ0) is 20.4. The van der Waals surface area contributed by atoms with Gasteiger partial charge in [-0.25, -0.2) is 9.07 Å². The van der Waals surface area contributed by atoms with Crippen molar-refractivity contribution in [2.24, 2.45) is 0 Å². The molecule has 4 aromatic rings. The lowest BCUT2D eigenvalue weighted by Crippen LogP contribution is -2.16. The minimum Gasteiger partial charge on any atom is -0.305 e. The number of halogens is 1. The van der Waals surface area contributed by atoms with Gasteiger partial charge in [-0.05, 0) is 42.0 Å². The number of hydrogen-bond donors (Lipinski definition) is 1. The van der Waals surface area contributed by atoms with Crippen LogP contribution in [0.15, 0.2) is 66.0 Å². The summed E-state index contributed by atoms with van der Waals surface area (Å²) >= 11 is 1.30. The number of aromatic nitrogens is 3. The Labute approximate surface area is 170 Å². The Morgan fingerprint density at radius 1 is 1.24 bits per heavy atom. The van der Waals surface area contributed by atoms with Gasteiger partial charge in [-0.2, -0.15) is 10.4 Å². The van der Waals surface area contributed by atoms with Crippen molar-refractivity contribution in [2.45, 2.75) is 5.03 Å². The van der Waals surface area contributed by atoms with Gasteiger partial charge in [0.05, 0.1) is 11.3 Å². The van der Waals surface area contributed by atoms with E-state index in [4.69, 9.17) is 0 Å². The molecule has 0 saturated carbocycles. The number of thioether (sulfide) groups is 1. The third-order valence-electron chi connectivity index (χ3n) is 4.36. The van der Waals surface area contributed by atoms with Crippen molar-refractivity contribution >= 4 is 34.3 Å². The van der Waals surface area contributed by atoms with Gasteiger partial charge in [-0.3, -0.25) is 9.78 Å². The number of pyridine rings is 1. The van der Waals surface area contributed by atoms with Gasteiger partial charge >= 0.3 is 0 Å². The summed E-state index contributed by atoms with van der Waals surface area (Å²) in [5.74, 6) is -0.853. The highest BCUT2D eigenvalue weighted by Gasteiger charge is 2.22. The lowest BCUT2D eigenvalue weighted by Gasteiger charge is -2.11. The van der Waals surface area contributed by atoms with E-state index in [1.54, 1.807) is 12.3 Å². The SMILES string of the molecule is CSc1nn(-c2ccccc2)c(NC(=O)c2cc(F)cc3ccncc23)c1C#N. The molecule has 0 fully saturated rings. The van der Waals surface area contributed by atoms with Gasteiger partial charge in [-0.15, -0.1) is 11.8 Å². The Kier molecular flexibility index (Phi) is 4.97. The molecule has 0 atom stereocenters. The largest absolute Gasteiger partial charge is 0.305 e. The lowest BCUT2D eigenvalue weighted by atomic mass is 10.1. The predicted molar refractivity (Wildman–Crippen MR) is 110 cm³/mol. The van der Waals surface area contributed by atoms with E-state index in [1.807, 2.05) is 30.3 Å².